The highest BCUT2D eigenvalue weighted by molar-refractivity contribution is 7.56. The summed E-state index contributed by atoms with van der Waals surface area (Å²) < 4.78 is 10.9. The number of carbonyl (C=O) groups excluding carboxylic acids is 1. The molecule has 1 amide bonds. The van der Waals surface area contributed by atoms with Crippen LogP contribution in [0.3, 0.4) is 0 Å². The lowest BCUT2D eigenvalue weighted by Gasteiger charge is -2.22. The molecule has 1 atom stereocenters. The van der Waals surface area contributed by atoms with E-state index in [0.717, 1.165) is 6.35 Å². The van der Waals surface area contributed by atoms with E-state index in [4.69, 9.17) is 9.47 Å². The summed E-state index contributed by atoms with van der Waals surface area (Å²) in [6, 6.07) is 0. The molecule has 0 radical (unpaired) electrons. The SMILES string of the molecule is CCOCCNC(=O)C(C)(C)COC/[P+](C)=C\C(C)C. The van der Waals surface area contributed by atoms with E-state index in [1.165, 1.54) is 0 Å². The molecule has 1 N–H and O–H groups in total. The van der Waals surface area contributed by atoms with Gasteiger partial charge in [0.2, 0.25) is 12.3 Å². The topological polar surface area (TPSA) is 47.6 Å². The van der Waals surface area contributed by atoms with Gasteiger partial charge in [0.05, 0.1) is 31.1 Å². The standard InChI is InChI=1S/C15H30NO3P/c1-7-18-9-8-16-14(17)15(4,5)11-19-12-20(6)10-13(2)3/h10,13H,7-9,11-12H2,1-6H3/p+1. The van der Waals surface area contributed by atoms with Gasteiger partial charge in [0.15, 0.2) is 0 Å². The Bertz CT molecular complexity index is 314. The van der Waals surface area contributed by atoms with Crippen LogP contribution in [-0.4, -0.2) is 51.1 Å². The van der Waals surface area contributed by atoms with E-state index < -0.39 is 5.41 Å². The molecular weight excluding hydrogens is 273 g/mol. The zero-order valence-corrected chi connectivity index (χ0v) is 14.8. The van der Waals surface area contributed by atoms with Crippen molar-refractivity contribution >= 4 is 19.2 Å². The highest BCUT2D eigenvalue weighted by Gasteiger charge is 2.28. The third-order valence-electron chi connectivity index (χ3n) is 2.66. The lowest BCUT2D eigenvalue weighted by Crippen LogP contribution is -2.41. The highest BCUT2D eigenvalue weighted by atomic mass is 31.1. The average molecular weight is 304 g/mol. The lowest BCUT2D eigenvalue weighted by molar-refractivity contribution is -0.132. The molecule has 0 fully saturated rings. The van der Waals surface area contributed by atoms with Crippen molar-refractivity contribution < 1.29 is 14.3 Å². The van der Waals surface area contributed by atoms with Crippen molar-refractivity contribution in [2.75, 3.05) is 39.4 Å². The van der Waals surface area contributed by atoms with E-state index in [2.05, 4.69) is 31.6 Å². The molecule has 1 unspecified atom stereocenters. The summed E-state index contributed by atoms with van der Waals surface area (Å²) in [5.74, 6) is 2.93. The third-order valence-corrected chi connectivity index (χ3v) is 4.36. The number of rotatable bonds is 10. The fourth-order valence-corrected chi connectivity index (χ4v) is 3.17. The molecule has 20 heavy (non-hydrogen) atoms. The second-order valence-corrected chi connectivity index (χ2v) is 8.03. The van der Waals surface area contributed by atoms with E-state index in [-0.39, 0.29) is 13.5 Å². The van der Waals surface area contributed by atoms with E-state index in [1.54, 1.807) is 0 Å². The van der Waals surface area contributed by atoms with Crippen LogP contribution >= 0.6 is 7.55 Å². The number of amides is 1. The molecule has 0 aromatic rings. The molecule has 0 heterocycles. The summed E-state index contributed by atoms with van der Waals surface area (Å²) in [7, 11) is -0.207. The molecule has 0 aliphatic rings. The Morgan fingerprint density at radius 3 is 2.55 bits per heavy atom. The molecule has 118 valence electrons. The number of nitrogens with one attached hydrogen (secondary N) is 1. The zero-order valence-electron chi connectivity index (χ0n) is 13.9. The minimum atomic E-state index is -0.500. The van der Waals surface area contributed by atoms with Gasteiger partial charge in [0.1, 0.15) is 7.55 Å². The normalized spacial score (nSPS) is 12.8. The van der Waals surface area contributed by atoms with Gasteiger partial charge in [0, 0.05) is 19.1 Å². The van der Waals surface area contributed by atoms with E-state index in [0.29, 0.717) is 32.3 Å². The van der Waals surface area contributed by atoms with Crippen LogP contribution in [0, 0.1) is 11.3 Å². The van der Waals surface area contributed by atoms with Crippen LogP contribution in [0.4, 0.5) is 0 Å². The van der Waals surface area contributed by atoms with Crippen molar-refractivity contribution in [2.45, 2.75) is 34.6 Å². The second-order valence-electron chi connectivity index (χ2n) is 5.96. The van der Waals surface area contributed by atoms with Gasteiger partial charge in [-0.15, -0.1) is 0 Å². The zero-order chi connectivity index (χ0) is 15.6. The predicted molar refractivity (Wildman–Crippen MR) is 87.8 cm³/mol. The first kappa shape index (κ1) is 19.6. The van der Waals surface area contributed by atoms with Crippen molar-refractivity contribution in [2.24, 2.45) is 11.3 Å². The maximum Gasteiger partial charge on any atom is 0.228 e. The van der Waals surface area contributed by atoms with Gasteiger partial charge >= 0.3 is 0 Å². The Kier molecular flexibility index (Phi) is 10.1. The molecule has 0 spiro atoms. The molecule has 0 aromatic heterocycles. The van der Waals surface area contributed by atoms with Crippen molar-refractivity contribution in [3.63, 3.8) is 0 Å². The molecule has 0 aliphatic carbocycles. The number of hydrogen-bond acceptors (Lipinski definition) is 3. The Labute approximate surface area is 125 Å². The molecule has 0 bridgehead atoms. The van der Waals surface area contributed by atoms with Gasteiger partial charge in [-0.05, 0) is 20.8 Å². The van der Waals surface area contributed by atoms with Gasteiger partial charge in [-0.25, -0.2) is 0 Å². The van der Waals surface area contributed by atoms with Crippen LogP contribution < -0.4 is 5.32 Å². The van der Waals surface area contributed by atoms with Crippen molar-refractivity contribution in [1.29, 1.82) is 0 Å². The summed E-state index contributed by atoms with van der Waals surface area (Å²) >= 11 is 0. The van der Waals surface area contributed by atoms with Crippen LogP contribution in [0.15, 0.2) is 0 Å². The van der Waals surface area contributed by atoms with Crippen LogP contribution in [0.1, 0.15) is 34.6 Å². The molecule has 0 aromatic carbocycles. The predicted octanol–water partition coefficient (Wildman–Crippen LogP) is 2.71. The van der Waals surface area contributed by atoms with Gasteiger partial charge in [0.25, 0.3) is 0 Å². The fraction of sp³-hybridized carbons (Fsp3) is 0.867. The minimum Gasteiger partial charge on any atom is -0.380 e. The highest BCUT2D eigenvalue weighted by Crippen LogP contribution is 2.21. The van der Waals surface area contributed by atoms with Gasteiger partial charge in [-0.1, -0.05) is 13.8 Å². The van der Waals surface area contributed by atoms with E-state index >= 15 is 0 Å². The fourth-order valence-electron chi connectivity index (χ4n) is 1.68. The van der Waals surface area contributed by atoms with Crippen molar-refractivity contribution in [3.8, 4) is 0 Å². The number of hydrogen-bond donors (Lipinski definition) is 1. The molecule has 4 nitrogen and oxygen atoms in total. The summed E-state index contributed by atoms with van der Waals surface area (Å²) in [4.78, 5) is 12.0. The van der Waals surface area contributed by atoms with Gasteiger partial charge < -0.3 is 14.8 Å². The smallest absolute Gasteiger partial charge is 0.228 e. The average Bonchev–Trinajstić information content (AvgIpc) is 2.33. The van der Waals surface area contributed by atoms with E-state index in [1.807, 2.05) is 20.8 Å². The van der Waals surface area contributed by atoms with E-state index in [9.17, 15) is 4.79 Å². The minimum absolute atomic E-state index is 0.0190. The Balaban J connectivity index is 4.01. The van der Waals surface area contributed by atoms with Crippen molar-refractivity contribution in [1.82, 2.24) is 5.32 Å². The van der Waals surface area contributed by atoms with Crippen LogP contribution in [0.2, 0.25) is 0 Å². The van der Waals surface area contributed by atoms with Crippen LogP contribution in [0.5, 0.6) is 0 Å². The molecule has 0 rings (SSSR count). The Morgan fingerprint density at radius 1 is 1.35 bits per heavy atom. The summed E-state index contributed by atoms with van der Waals surface area (Å²) in [5.41, 5.74) is -0.500. The molecule has 0 aliphatic heterocycles. The maximum atomic E-state index is 12.0. The first-order chi connectivity index (χ1) is 9.29. The van der Waals surface area contributed by atoms with Crippen LogP contribution in [-0.2, 0) is 14.3 Å². The molecule has 5 heteroatoms. The maximum absolute atomic E-state index is 12.0. The van der Waals surface area contributed by atoms with Gasteiger partial charge in [-0.2, -0.15) is 0 Å². The summed E-state index contributed by atoms with van der Waals surface area (Å²) in [6.07, 6.45) is 0.725. The molecule has 0 saturated heterocycles. The number of ether oxygens (including phenoxy) is 2. The third kappa shape index (κ3) is 9.46. The lowest BCUT2D eigenvalue weighted by atomic mass is 9.94. The largest absolute Gasteiger partial charge is 0.380 e. The van der Waals surface area contributed by atoms with Gasteiger partial charge in [-0.3, -0.25) is 4.79 Å². The first-order valence-corrected chi connectivity index (χ1v) is 9.33. The summed E-state index contributed by atoms with van der Waals surface area (Å²) in [6.45, 7) is 14.5. The monoisotopic (exact) mass is 304 g/mol. The Hall–Kier alpha value is -0.440. The summed E-state index contributed by atoms with van der Waals surface area (Å²) in [5, 5.41) is 2.88. The van der Waals surface area contributed by atoms with Crippen LogP contribution in [0.25, 0.3) is 0 Å². The van der Waals surface area contributed by atoms with Crippen molar-refractivity contribution in [3.05, 3.63) is 0 Å². The first-order valence-electron chi connectivity index (χ1n) is 7.28. The molecule has 0 saturated carbocycles. The quantitative estimate of drug-likeness (QED) is 0.499. The molecular formula is C15H31NO3P+. The Morgan fingerprint density at radius 2 is 2.00 bits per heavy atom. The second kappa shape index (κ2) is 10.3. The number of carbonyl (C=O) groups is 1.